The Hall–Kier alpha value is -4.26. The second kappa shape index (κ2) is 10.4. The molecule has 1 aliphatic heterocycles. The lowest BCUT2D eigenvalue weighted by Gasteiger charge is -2.14. The third kappa shape index (κ3) is 5.31. The van der Waals surface area contributed by atoms with Gasteiger partial charge in [0.05, 0.1) is 17.1 Å². The van der Waals surface area contributed by atoms with Crippen LogP contribution in [0.3, 0.4) is 0 Å². The maximum absolute atomic E-state index is 14.9. The number of aromatic nitrogens is 2. The van der Waals surface area contributed by atoms with Gasteiger partial charge >= 0.3 is 0 Å². The van der Waals surface area contributed by atoms with E-state index in [9.17, 15) is 13.6 Å². The Morgan fingerprint density at radius 2 is 1.78 bits per heavy atom. The standard InChI is InChI=1S/C30H25F2N3O2/c1-18-8-9-23(25(32)12-18)20-14-21(27-17-29(37-35-27)26-7-3-4-10-33-26)16-22(15-20)28(36)13-19(2)30-24(31)6-5-11-34-30/h3-12,14-16,19,29H,13,17H2,1-2H3/t19-,29?/m0/s1. The second-order valence-electron chi connectivity index (χ2n) is 9.27. The van der Waals surface area contributed by atoms with Crippen molar-refractivity contribution in [1.82, 2.24) is 9.97 Å². The highest BCUT2D eigenvalue weighted by molar-refractivity contribution is 6.06. The molecule has 0 fully saturated rings. The minimum absolute atomic E-state index is 0.0484. The van der Waals surface area contributed by atoms with Crippen molar-refractivity contribution in [3.8, 4) is 11.1 Å². The van der Waals surface area contributed by atoms with Crippen LogP contribution in [0.15, 0.2) is 84.3 Å². The summed E-state index contributed by atoms with van der Waals surface area (Å²) in [5, 5.41) is 4.27. The largest absolute Gasteiger partial charge is 0.385 e. The van der Waals surface area contributed by atoms with E-state index in [4.69, 9.17) is 4.84 Å². The number of hydrogen-bond acceptors (Lipinski definition) is 5. The van der Waals surface area contributed by atoms with E-state index in [2.05, 4.69) is 15.1 Å². The number of Topliss-reactive ketones (excluding diaryl/α,β-unsaturated/α-hetero) is 1. The van der Waals surface area contributed by atoms with Crippen molar-refractivity contribution in [2.24, 2.45) is 5.16 Å². The molecule has 3 heterocycles. The molecule has 2 aromatic carbocycles. The van der Waals surface area contributed by atoms with Crippen molar-refractivity contribution in [3.63, 3.8) is 0 Å². The average molecular weight is 498 g/mol. The Morgan fingerprint density at radius 1 is 0.973 bits per heavy atom. The molecule has 0 radical (unpaired) electrons. The van der Waals surface area contributed by atoms with Crippen molar-refractivity contribution in [2.75, 3.05) is 0 Å². The zero-order valence-corrected chi connectivity index (χ0v) is 20.5. The molecule has 0 saturated carbocycles. The van der Waals surface area contributed by atoms with Crippen LogP contribution in [0.2, 0.25) is 0 Å². The third-order valence-electron chi connectivity index (χ3n) is 6.46. The summed E-state index contributed by atoms with van der Waals surface area (Å²) in [5.74, 6) is -1.46. The monoisotopic (exact) mass is 497 g/mol. The predicted molar refractivity (Wildman–Crippen MR) is 137 cm³/mol. The number of hydrogen-bond donors (Lipinski definition) is 0. The fourth-order valence-corrected chi connectivity index (χ4v) is 4.49. The van der Waals surface area contributed by atoms with E-state index in [0.717, 1.165) is 11.3 Å². The van der Waals surface area contributed by atoms with Crippen LogP contribution in [0.1, 0.15) is 64.7 Å². The molecular formula is C30H25F2N3O2. The van der Waals surface area contributed by atoms with Crippen LogP contribution < -0.4 is 0 Å². The zero-order valence-electron chi connectivity index (χ0n) is 20.5. The van der Waals surface area contributed by atoms with E-state index in [1.165, 1.54) is 24.4 Å². The maximum atomic E-state index is 14.9. The first-order valence-electron chi connectivity index (χ1n) is 12.1. The molecule has 1 unspecified atom stereocenters. The molecule has 2 aromatic heterocycles. The van der Waals surface area contributed by atoms with E-state index >= 15 is 0 Å². The second-order valence-corrected chi connectivity index (χ2v) is 9.27. The highest BCUT2D eigenvalue weighted by Gasteiger charge is 2.26. The fraction of sp³-hybridized carbons (Fsp3) is 0.200. The number of rotatable bonds is 7. The van der Waals surface area contributed by atoms with E-state index in [0.29, 0.717) is 34.4 Å². The molecule has 5 nitrogen and oxygen atoms in total. The van der Waals surface area contributed by atoms with E-state index < -0.39 is 11.7 Å². The summed E-state index contributed by atoms with van der Waals surface area (Å²) in [6.07, 6.45) is 3.36. The van der Waals surface area contributed by atoms with Crippen LogP contribution in [0, 0.1) is 18.6 Å². The van der Waals surface area contributed by atoms with Gasteiger partial charge in [-0.25, -0.2) is 8.78 Å². The Labute approximate surface area is 213 Å². The molecule has 0 aliphatic carbocycles. The van der Waals surface area contributed by atoms with Gasteiger partial charge in [-0.05, 0) is 66.6 Å². The van der Waals surface area contributed by atoms with Gasteiger partial charge in [0.15, 0.2) is 11.9 Å². The first kappa shape index (κ1) is 24.4. The maximum Gasteiger partial charge on any atom is 0.174 e. The zero-order chi connectivity index (χ0) is 25.9. The highest BCUT2D eigenvalue weighted by atomic mass is 19.1. The van der Waals surface area contributed by atoms with Crippen LogP contribution in [0.4, 0.5) is 8.78 Å². The first-order chi connectivity index (χ1) is 17.9. The van der Waals surface area contributed by atoms with E-state index in [1.54, 1.807) is 31.3 Å². The quantitative estimate of drug-likeness (QED) is 0.259. The van der Waals surface area contributed by atoms with Gasteiger partial charge in [-0.15, -0.1) is 0 Å². The average Bonchev–Trinajstić information content (AvgIpc) is 3.40. The Bertz CT molecular complexity index is 1490. The summed E-state index contributed by atoms with van der Waals surface area (Å²) in [4.78, 5) is 27.5. The molecule has 0 saturated heterocycles. The molecule has 0 amide bonds. The summed E-state index contributed by atoms with van der Waals surface area (Å²) < 4.78 is 29.2. The van der Waals surface area contributed by atoms with Crippen LogP contribution in [-0.2, 0) is 4.84 Å². The van der Waals surface area contributed by atoms with E-state index in [-0.39, 0.29) is 29.8 Å². The number of nitrogens with zero attached hydrogens (tertiary/aromatic N) is 3. The Morgan fingerprint density at radius 3 is 2.54 bits per heavy atom. The number of halogens is 2. The minimum Gasteiger partial charge on any atom is -0.385 e. The van der Waals surface area contributed by atoms with E-state index in [1.807, 2.05) is 37.3 Å². The minimum atomic E-state index is -0.447. The van der Waals surface area contributed by atoms with Crippen LogP contribution in [-0.4, -0.2) is 21.5 Å². The molecule has 186 valence electrons. The van der Waals surface area contributed by atoms with Gasteiger partial charge in [0.2, 0.25) is 0 Å². The van der Waals surface area contributed by atoms with Crippen LogP contribution in [0.5, 0.6) is 0 Å². The van der Waals surface area contributed by atoms with Gasteiger partial charge < -0.3 is 4.84 Å². The lowest BCUT2D eigenvalue weighted by molar-refractivity contribution is 0.0826. The third-order valence-corrected chi connectivity index (χ3v) is 6.46. The number of oxime groups is 1. The van der Waals surface area contributed by atoms with Gasteiger partial charge in [-0.1, -0.05) is 30.3 Å². The van der Waals surface area contributed by atoms with Crippen molar-refractivity contribution in [2.45, 2.75) is 38.7 Å². The van der Waals surface area contributed by atoms with Gasteiger partial charge in [-0.3, -0.25) is 14.8 Å². The topological polar surface area (TPSA) is 64.4 Å². The lowest BCUT2D eigenvalue weighted by Crippen LogP contribution is -2.10. The van der Waals surface area contributed by atoms with Crippen molar-refractivity contribution in [1.29, 1.82) is 0 Å². The normalized spacial score (nSPS) is 15.7. The fourth-order valence-electron chi connectivity index (χ4n) is 4.49. The number of pyridine rings is 2. The first-order valence-corrected chi connectivity index (χ1v) is 12.1. The highest BCUT2D eigenvalue weighted by Crippen LogP contribution is 2.32. The van der Waals surface area contributed by atoms with Crippen molar-refractivity contribution in [3.05, 3.63) is 119 Å². The number of ketones is 1. The Kier molecular flexibility index (Phi) is 6.86. The molecular weight excluding hydrogens is 472 g/mol. The van der Waals surface area contributed by atoms with Gasteiger partial charge in [0, 0.05) is 47.8 Å². The molecule has 4 aromatic rings. The van der Waals surface area contributed by atoms with Crippen molar-refractivity contribution < 1.29 is 18.4 Å². The molecule has 7 heteroatoms. The molecule has 5 rings (SSSR count). The van der Waals surface area contributed by atoms with Gasteiger partial charge in [0.25, 0.3) is 0 Å². The number of carbonyl (C=O) groups is 1. The summed E-state index contributed by atoms with van der Waals surface area (Å²) in [5.41, 5.74) is 4.42. The van der Waals surface area contributed by atoms with Gasteiger partial charge in [0.1, 0.15) is 11.6 Å². The molecule has 37 heavy (non-hydrogen) atoms. The SMILES string of the molecule is Cc1ccc(-c2cc(C(=O)C[C@H](C)c3ncccc3F)cc(C3=NOC(c4ccccn4)C3)c2)c(F)c1. The summed E-state index contributed by atoms with van der Waals surface area (Å²) >= 11 is 0. The molecule has 1 aliphatic rings. The van der Waals surface area contributed by atoms with Crippen molar-refractivity contribution >= 4 is 11.5 Å². The molecule has 0 bridgehead atoms. The number of benzene rings is 2. The predicted octanol–water partition coefficient (Wildman–Crippen LogP) is 6.97. The number of aryl methyl sites for hydroxylation is 1. The summed E-state index contributed by atoms with van der Waals surface area (Å²) in [7, 11) is 0. The smallest absolute Gasteiger partial charge is 0.174 e. The van der Waals surface area contributed by atoms with Crippen LogP contribution in [0.25, 0.3) is 11.1 Å². The van der Waals surface area contributed by atoms with Crippen LogP contribution >= 0.6 is 0 Å². The summed E-state index contributed by atoms with van der Waals surface area (Å²) in [6, 6.07) is 18.6. The molecule has 0 spiro atoms. The summed E-state index contributed by atoms with van der Waals surface area (Å²) in [6.45, 7) is 3.58. The number of carbonyl (C=O) groups excluding carboxylic acids is 1. The Balaban J connectivity index is 1.49. The lowest BCUT2D eigenvalue weighted by atomic mass is 9.90. The molecule has 2 atom stereocenters. The molecule has 0 N–H and O–H groups in total. The van der Waals surface area contributed by atoms with Gasteiger partial charge in [-0.2, -0.15) is 0 Å².